The number of piperidine rings is 1. The van der Waals surface area contributed by atoms with Crippen molar-refractivity contribution in [2.45, 2.75) is 18.9 Å². The molecular formula is C12H12BrClN2O2. The average Bonchev–Trinajstić information content (AvgIpc) is 2.35. The van der Waals surface area contributed by atoms with Gasteiger partial charge in [-0.25, -0.2) is 0 Å². The fraction of sp³-hybridized carbons (Fsp3) is 0.333. The summed E-state index contributed by atoms with van der Waals surface area (Å²) in [6, 6.07) is 4.56. The number of hydrogen-bond acceptors (Lipinski definition) is 2. The van der Waals surface area contributed by atoms with Crippen molar-refractivity contribution >= 4 is 39.3 Å². The quantitative estimate of drug-likeness (QED) is 0.872. The Morgan fingerprint density at radius 2 is 2.28 bits per heavy atom. The summed E-state index contributed by atoms with van der Waals surface area (Å²) in [7, 11) is 0. The summed E-state index contributed by atoms with van der Waals surface area (Å²) in [5, 5.41) is 5.78. The highest BCUT2D eigenvalue weighted by atomic mass is 79.9. The van der Waals surface area contributed by atoms with Gasteiger partial charge in [0.15, 0.2) is 0 Å². The number of carbonyl (C=O) groups excluding carboxylic acids is 2. The van der Waals surface area contributed by atoms with E-state index in [1.165, 1.54) is 0 Å². The Labute approximate surface area is 118 Å². The van der Waals surface area contributed by atoms with Gasteiger partial charge < -0.3 is 10.6 Å². The Morgan fingerprint density at radius 1 is 1.50 bits per heavy atom. The van der Waals surface area contributed by atoms with Gasteiger partial charge in [-0.1, -0.05) is 27.5 Å². The molecule has 2 rings (SSSR count). The zero-order valence-electron chi connectivity index (χ0n) is 9.50. The summed E-state index contributed by atoms with van der Waals surface area (Å²) >= 11 is 9.25. The minimum Gasteiger partial charge on any atom is -0.354 e. The lowest BCUT2D eigenvalue weighted by Gasteiger charge is -2.22. The van der Waals surface area contributed by atoms with Crippen molar-refractivity contribution in [3.8, 4) is 0 Å². The third kappa shape index (κ3) is 3.03. The van der Waals surface area contributed by atoms with Crippen LogP contribution in [-0.4, -0.2) is 24.4 Å². The van der Waals surface area contributed by atoms with Gasteiger partial charge in [0.1, 0.15) is 6.04 Å². The molecule has 2 amide bonds. The first-order chi connectivity index (χ1) is 8.58. The highest BCUT2D eigenvalue weighted by Gasteiger charge is 2.24. The van der Waals surface area contributed by atoms with Gasteiger partial charge in [-0.2, -0.15) is 0 Å². The van der Waals surface area contributed by atoms with E-state index in [2.05, 4.69) is 26.6 Å². The van der Waals surface area contributed by atoms with Gasteiger partial charge in [0, 0.05) is 11.0 Å². The van der Waals surface area contributed by atoms with Crippen LogP contribution in [0.5, 0.6) is 0 Å². The molecule has 18 heavy (non-hydrogen) atoms. The van der Waals surface area contributed by atoms with E-state index >= 15 is 0 Å². The normalized spacial score (nSPS) is 19.2. The summed E-state index contributed by atoms with van der Waals surface area (Å²) in [4.78, 5) is 23.6. The van der Waals surface area contributed by atoms with Gasteiger partial charge in [-0.05, 0) is 31.0 Å². The van der Waals surface area contributed by atoms with E-state index in [4.69, 9.17) is 11.6 Å². The first-order valence-corrected chi connectivity index (χ1v) is 6.78. The van der Waals surface area contributed by atoms with Crippen LogP contribution < -0.4 is 10.6 Å². The van der Waals surface area contributed by atoms with E-state index in [-0.39, 0.29) is 11.8 Å². The van der Waals surface area contributed by atoms with Gasteiger partial charge in [-0.15, -0.1) is 0 Å². The Bertz CT molecular complexity index is 493. The fourth-order valence-electron chi connectivity index (χ4n) is 1.82. The van der Waals surface area contributed by atoms with Crippen LogP contribution in [0.4, 0.5) is 0 Å². The molecule has 0 saturated carbocycles. The second-order valence-corrected chi connectivity index (χ2v) is 5.41. The highest BCUT2D eigenvalue weighted by molar-refractivity contribution is 9.10. The second-order valence-electron chi connectivity index (χ2n) is 4.08. The molecule has 96 valence electrons. The molecule has 0 bridgehead atoms. The van der Waals surface area contributed by atoms with Crippen molar-refractivity contribution in [2.75, 3.05) is 6.54 Å². The van der Waals surface area contributed by atoms with Crippen LogP contribution >= 0.6 is 27.5 Å². The maximum absolute atomic E-state index is 12.0. The first-order valence-electron chi connectivity index (χ1n) is 5.61. The van der Waals surface area contributed by atoms with Crippen LogP contribution in [0.15, 0.2) is 22.7 Å². The molecule has 2 N–H and O–H groups in total. The summed E-state index contributed by atoms with van der Waals surface area (Å²) in [5.74, 6) is -0.468. The Kier molecular flexibility index (Phi) is 4.24. The number of hydrogen-bond donors (Lipinski definition) is 2. The van der Waals surface area contributed by atoms with E-state index < -0.39 is 6.04 Å². The van der Waals surface area contributed by atoms with Crippen LogP contribution in [-0.2, 0) is 4.79 Å². The van der Waals surface area contributed by atoms with Gasteiger partial charge in [0.2, 0.25) is 5.91 Å². The van der Waals surface area contributed by atoms with Gasteiger partial charge in [-0.3, -0.25) is 9.59 Å². The summed E-state index contributed by atoms with van der Waals surface area (Å²) in [5.41, 5.74) is 0.365. The van der Waals surface area contributed by atoms with E-state index in [1.54, 1.807) is 18.2 Å². The number of rotatable bonds is 2. The topological polar surface area (TPSA) is 58.2 Å². The van der Waals surface area contributed by atoms with E-state index in [0.717, 1.165) is 10.9 Å². The number of benzene rings is 1. The average molecular weight is 332 g/mol. The van der Waals surface area contributed by atoms with Crippen molar-refractivity contribution in [1.29, 1.82) is 0 Å². The molecule has 1 aliphatic rings. The molecule has 1 atom stereocenters. The summed E-state index contributed by atoms with van der Waals surface area (Å²) < 4.78 is 0.769. The van der Waals surface area contributed by atoms with Crippen LogP contribution in [0, 0.1) is 0 Å². The Morgan fingerprint density at radius 3 is 3.00 bits per heavy atom. The van der Waals surface area contributed by atoms with Crippen molar-refractivity contribution in [1.82, 2.24) is 10.6 Å². The molecule has 4 nitrogen and oxygen atoms in total. The summed E-state index contributed by atoms with van der Waals surface area (Å²) in [6.45, 7) is 0.669. The molecule has 1 heterocycles. The third-order valence-corrected chi connectivity index (χ3v) is 3.59. The lowest BCUT2D eigenvalue weighted by atomic mass is 10.1. The minimum absolute atomic E-state index is 0.138. The Balaban J connectivity index is 2.11. The molecule has 1 aromatic carbocycles. The Hall–Kier alpha value is -1.07. The first kappa shape index (κ1) is 13.4. The molecule has 0 spiro atoms. The zero-order valence-corrected chi connectivity index (χ0v) is 11.8. The number of halogens is 2. The lowest BCUT2D eigenvalue weighted by molar-refractivity contribution is -0.124. The van der Waals surface area contributed by atoms with E-state index in [1.807, 2.05) is 0 Å². The molecular weight excluding hydrogens is 320 g/mol. The predicted octanol–water partition coefficient (Wildman–Crippen LogP) is 2.11. The number of amides is 2. The SMILES string of the molecule is O=C(NC1CCCNC1=O)c1cc(Br)ccc1Cl. The van der Waals surface area contributed by atoms with Gasteiger partial charge >= 0.3 is 0 Å². The number of nitrogens with one attached hydrogen (secondary N) is 2. The minimum atomic E-state index is -0.471. The van der Waals surface area contributed by atoms with Crippen LogP contribution in [0.3, 0.4) is 0 Å². The van der Waals surface area contributed by atoms with Crippen molar-refractivity contribution in [2.24, 2.45) is 0 Å². The summed E-state index contributed by atoms with van der Waals surface area (Å²) in [6.07, 6.45) is 1.52. The standard InChI is InChI=1S/C12H12BrClN2O2/c13-7-3-4-9(14)8(6-7)11(17)16-10-2-1-5-15-12(10)18/h3-4,6,10H,1-2,5H2,(H,15,18)(H,16,17). The lowest BCUT2D eigenvalue weighted by Crippen LogP contribution is -2.50. The monoisotopic (exact) mass is 330 g/mol. The van der Waals surface area contributed by atoms with Gasteiger partial charge in [0.25, 0.3) is 5.91 Å². The zero-order chi connectivity index (χ0) is 13.1. The third-order valence-electron chi connectivity index (χ3n) is 2.76. The van der Waals surface area contributed by atoms with E-state index in [9.17, 15) is 9.59 Å². The van der Waals surface area contributed by atoms with Gasteiger partial charge in [0.05, 0.1) is 10.6 Å². The molecule has 0 radical (unpaired) electrons. The fourth-order valence-corrected chi connectivity index (χ4v) is 2.38. The maximum atomic E-state index is 12.0. The second kappa shape index (κ2) is 5.71. The molecule has 0 aromatic heterocycles. The maximum Gasteiger partial charge on any atom is 0.253 e. The molecule has 1 unspecified atom stereocenters. The molecule has 1 saturated heterocycles. The molecule has 6 heteroatoms. The van der Waals surface area contributed by atoms with Crippen LogP contribution in [0.2, 0.25) is 5.02 Å². The van der Waals surface area contributed by atoms with Crippen LogP contribution in [0.25, 0.3) is 0 Å². The van der Waals surface area contributed by atoms with E-state index in [0.29, 0.717) is 23.6 Å². The largest absolute Gasteiger partial charge is 0.354 e. The smallest absolute Gasteiger partial charge is 0.253 e. The van der Waals surface area contributed by atoms with Crippen molar-refractivity contribution < 1.29 is 9.59 Å². The predicted molar refractivity (Wildman–Crippen MR) is 72.6 cm³/mol. The van der Waals surface area contributed by atoms with Crippen molar-refractivity contribution in [3.63, 3.8) is 0 Å². The molecule has 1 fully saturated rings. The number of carbonyl (C=O) groups is 2. The molecule has 0 aliphatic carbocycles. The van der Waals surface area contributed by atoms with Crippen molar-refractivity contribution in [3.05, 3.63) is 33.3 Å². The molecule has 1 aromatic rings. The van der Waals surface area contributed by atoms with Crippen LogP contribution in [0.1, 0.15) is 23.2 Å². The molecule has 1 aliphatic heterocycles. The highest BCUT2D eigenvalue weighted by Crippen LogP contribution is 2.21.